The van der Waals surface area contributed by atoms with Crippen molar-refractivity contribution in [2.75, 3.05) is 50.7 Å². The van der Waals surface area contributed by atoms with Gasteiger partial charge in [-0.3, -0.25) is 9.69 Å². The van der Waals surface area contributed by atoms with E-state index in [0.717, 1.165) is 50.6 Å². The van der Waals surface area contributed by atoms with Gasteiger partial charge in [-0.15, -0.1) is 24.8 Å². The van der Waals surface area contributed by atoms with Crippen LogP contribution in [0.5, 0.6) is 5.75 Å². The summed E-state index contributed by atoms with van der Waals surface area (Å²) < 4.78 is 5.94. The van der Waals surface area contributed by atoms with E-state index in [1.54, 1.807) is 4.90 Å². The van der Waals surface area contributed by atoms with Crippen molar-refractivity contribution < 1.29 is 14.6 Å². The largest absolute Gasteiger partial charge is 0.489 e. The highest BCUT2D eigenvalue weighted by atomic mass is 35.5. The molecule has 6 nitrogen and oxygen atoms in total. The minimum Gasteiger partial charge on any atom is -0.489 e. The van der Waals surface area contributed by atoms with E-state index in [1.807, 2.05) is 32.0 Å². The molecule has 0 saturated carbocycles. The number of likely N-dealkylation sites (tertiary alicyclic amines) is 1. The standard InChI is InChI=1S/C20H31N3O3.2ClH/c1-16(2)26-19-7-4-3-6-18(19)22-12-10-21(11-13-22)14-17(24)15-23-9-5-8-20(23)25;;/h3-4,6-7,16-17,24H,5,8-15H2,1-2H3;2*1H. The third-order valence-corrected chi connectivity index (χ3v) is 5.01. The van der Waals surface area contributed by atoms with E-state index >= 15 is 0 Å². The molecule has 3 rings (SSSR count). The lowest BCUT2D eigenvalue weighted by atomic mass is 10.2. The van der Waals surface area contributed by atoms with Crippen LogP contribution in [0.15, 0.2) is 24.3 Å². The second kappa shape index (κ2) is 11.7. The van der Waals surface area contributed by atoms with Gasteiger partial charge in [0.25, 0.3) is 0 Å². The minimum atomic E-state index is -0.472. The molecule has 0 aliphatic carbocycles. The molecule has 0 spiro atoms. The third-order valence-electron chi connectivity index (χ3n) is 5.01. The number of hydrogen-bond donors (Lipinski definition) is 1. The summed E-state index contributed by atoms with van der Waals surface area (Å²) >= 11 is 0. The smallest absolute Gasteiger partial charge is 0.222 e. The van der Waals surface area contributed by atoms with E-state index in [0.29, 0.717) is 19.5 Å². The predicted octanol–water partition coefficient (Wildman–Crippen LogP) is 2.42. The van der Waals surface area contributed by atoms with Gasteiger partial charge in [0.2, 0.25) is 5.91 Å². The number of hydrogen-bond acceptors (Lipinski definition) is 5. The van der Waals surface area contributed by atoms with Crippen molar-refractivity contribution in [1.29, 1.82) is 0 Å². The number of aliphatic hydroxyl groups excluding tert-OH is 1. The summed E-state index contributed by atoms with van der Waals surface area (Å²) in [7, 11) is 0. The van der Waals surface area contributed by atoms with Crippen molar-refractivity contribution in [2.45, 2.75) is 38.9 Å². The van der Waals surface area contributed by atoms with Crippen LogP contribution in [0.1, 0.15) is 26.7 Å². The summed E-state index contributed by atoms with van der Waals surface area (Å²) in [5.41, 5.74) is 1.14. The number of carbonyl (C=O) groups is 1. The Hall–Kier alpha value is -1.21. The first-order valence-corrected chi connectivity index (χ1v) is 9.72. The van der Waals surface area contributed by atoms with Gasteiger partial charge in [0.05, 0.1) is 17.9 Å². The first-order chi connectivity index (χ1) is 12.5. The van der Waals surface area contributed by atoms with Gasteiger partial charge in [-0.25, -0.2) is 0 Å². The zero-order valence-electron chi connectivity index (χ0n) is 16.7. The number of anilines is 1. The number of para-hydroxylation sites is 2. The molecule has 2 fully saturated rings. The Bertz CT molecular complexity index is 610. The van der Waals surface area contributed by atoms with Gasteiger partial charge in [-0.2, -0.15) is 0 Å². The monoisotopic (exact) mass is 433 g/mol. The number of β-amino-alcohol motifs (C(OH)–C–C–N with tert-alkyl or cyclic N) is 1. The fourth-order valence-corrected chi connectivity index (χ4v) is 3.75. The lowest BCUT2D eigenvalue weighted by Crippen LogP contribution is -2.50. The fraction of sp³-hybridized carbons (Fsp3) is 0.650. The summed E-state index contributed by atoms with van der Waals surface area (Å²) in [4.78, 5) is 18.1. The van der Waals surface area contributed by atoms with Crippen LogP contribution in [0, 0.1) is 0 Å². The van der Waals surface area contributed by atoms with E-state index in [2.05, 4.69) is 15.9 Å². The number of ether oxygens (including phenoxy) is 1. The molecule has 1 N–H and O–H groups in total. The van der Waals surface area contributed by atoms with Crippen molar-refractivity contribution in [3.8, 4) is 5.75 Å². The maximum Gasteiger partial charge on any atom is 0.222 e. The molecule has 0 radical (unpaired) electrons. The Balaban J connectivity index is 0.00000196. The topological polar surface area (TPSA) is 56.2 Å². The molecule has 2 saturated heterocycles. The number of piperazine rings is 1. The van der Waals surface area contributed by atoms with Gasteiger partial charge in [-0.05, 0) is 32.4 Å². The zero-order valence-corrected chi connectivity index (χ0v) is 18.4. The van der Waals surface area contributed by atoms with Gasteiger partial charge in [0.1, 0.15) is 5.75 Å². The second-order valence-corrected chi connectivity index (χ2v) is 7.52. The fourth-order valence-electron chi connectivity index (χ4n) is 3.75. The lowest BCUT2D eigenvalue weighted by molar-refractivity contribution is -0.129. The van der Waals surface area contributed by atoms with Crippen LogP contribution in [0.2, 0.25) is 0 Å². The molecule has 1 aromatic rings. The maximum absolute atomic E-state index is 11.7. The highest BCUT2D eigenvalue weighted by Gasteiger charge is 2.25. The maximum atomic E-state index is 11.7. The predicted molar refractivity (Wildman–Crippen MR) is 117 cm³/mol. The van der Waals surface area contributed by atoms with Crippen LogP contribution in [0.4, 0.5) is 5.69 Å². The summed E-state index contributed by atoms with van der Waals surface area (Å²) in [6, 6.07) is 8.19. The number of nitrogens with zero attached hydrogens (tertiary/aromatic N) is 3. The van der Waals surface area contributed by atoms with Gasteiger partial charge in [0.15, 0.2) is 0 Å². The first-order valence-electron chi connectivity index (χ1n) is 9.72. The Labute approximate surface area is 180 Å². The third kappa shape index (κ3) is 6.69. The average Bonchev–Trinajstić information content (AvgIpc) is 3.00. The van der Waals surface area contributed by atoms with Crippen LogP contribution < -0.4 is 9.64 Å². The van der Waals surface area contributed by atoms with Gasteiger partial charge in [-0.1, -0.05) is 12.1 Å². The number of rotatable bonds is 7. The van der Waals surface area contributed by atoms with E-state index in [9.17, 15) is 9.90 Å². The Morgan fingerprint density at radius 1 is 1.04 bits per heavy atom. The van der Waals surface area contributed by atoms with Crippen molar-refractivity contribution in [2.24, 2.45) is 0 Å². The molecule has 28 heavy (non-hydrogen) atoms. The average molecular weight is 434 g/mol. The number of amides is 1. The normalized spacial score (nSPS) is 18.6. The molecule has 1 unspecified atom stereocenters. The van der Waals surface area contributed by atoms with Crippen molar-refractivity contribution >= 4 is 36.4 Å². The van der Waals surface area contributed by atoms with Crippen LogP contribution in [0.25, 0.3) is 0 Å². The van der Waals surface area contributed by atoms with Crippen LogP contribution >= 0.6 is 24.8 Å². The van der Waals surface area contributed by atoms with Crippen molar-refractivity contribution in [3.63, 3.8) is 0 Å². The number of benzene rings is 1. The van der Waals surface area contributed by atoms with E-state index in [1.165, 1.54) is 0 Å². The van der Waals surface area contributed by atoms with Crippen LogP contribution in [0.3, 0.4) is 0 Å². The number of aliphatic hydroxyl groups is 1. The Morgan fingerprint density at radius 3 is 2.32 bits per heavy atom. The highest BCUT2D eigenvalue weighted by molar-refractivity contribution is 5.85. The quantitative estimate of drug-likeness (QED) is 0.715. The van der Waals surface area contributed by atoms with Crippen molar-refractivity contribution in [3.05, 3.63) is 24.3 Å². The summed E-state index contributed by atoms with van der Waals surface area (Å²) in [6.45, 7) is 9.59. The van der Waals surface area contributed by atoms with Crippen molar-refractivity contribution in [1.82, 2.24) is 9.80 Å². The zero-order chi connectivity index (χ0) is 18.5. The number of carbonyl (C=O) groups excluding carboxylic acids is 1. The molecule has 1 atom stereocenters. The van der Waals surface area contributed by atoms with Gasteiger partial charge < -0.3 is 19.6 Å². The van der Waals surface area contributed by atoms with E-state index in [-0.39, 0.29) is 36.8 Å². The van der Waals surface area contributed by atoms with Gasteiger partial charge >= 0.3 is 0 Å². The van der Waals surface area contributed by atoms with E-state index < -0.39 is 6.10 Å². The Kier molecular flexibility index (Phi) is 10.4. The summed E-state index contributed by atoms with van der Waals surface area (Å²) in [6.07, 6.45) is 1.23. The number of halogens is 2. The molecule has 2 aliphatic heterocycles. The van der Waals surface area contributed by atoms with Crippen LogP contribution in [-0.2, 0) is 4.79 Å². The molecular weight excluding hydrogens is 401 g/mol. The minimum absolute atomic E-state index is 0. The Morgan fingerprint density at radius 2 is 1.71 bits per heavy atom. The molecule has 0 bridgehead atoms. The molecule has 1 aromatic carbocycles. The van der Waals surface area contributed by atoms with Gasteiger partial charge in [0, 0.05) is 52.2 Å². The van der Waals surface area contributed by atoms with Crippen LogP contribution in [-0.4, -0.2) is 78.8 Å². The SMILES string of the molecule is CC(C)Oc1ccccc1N1CCN(CC(O)CN2CCCC2=O)CC1.Cl.Cl. The molecule has 1 amide bonds. The molecule has 2 aliphatic rings. The summed E-state index contributed by atoms with van der Waals surface area (Å²) in [5.74, 6) is 1.11. The lowest BCUT2D eigenvalue weighted by Gasteiger charge is -2.38. The summed E-state index contributed by atoms with van der Waals surface area (Å²) in [5, 5.41) is 10.3. The molecular formula is C20H33Cl2N3O3. The first kappa shape index (κ1) is 24.8. The highest BCUT2D eigenvalue weighted by Crippen LogP contribution is 2.29. The molecule has 8 heteroatoms. The molecule has 0 aromatic heterocycles. The molecule has 2 heterocycles. The molecule has 160 valence electrons. The second-order valence-electron chi connectivity index (χ2n) is 7.52. The van der Waals surface area contributed by atoms with E-state index in [4.69, 9.17) is 4.74 Å².